The molecule has 0 saturated heterocycles. The van der Waals surface area contributed by atoms with E-state index in [0.717, 1.165) is 6.08 Å². The quantitative estimate of drug-likeness (QED) is 0.534. The van der Waals surface area contributed by atoms with Crippen LogP contribution in [0.1, 0.15) is 13.8 Å². The van der Waals surface area contributed by atoms with Crippen molar-refractivity contribution in [2.45, 2.75) is 19.4 Å². The smallest absolute Gasteiger partial charge is 0.318 e. The minimum atomic E-state index is -2.47. The summed E-state index contributed by atoms with van der Waals surface area (Å²) in [6, 6.07) is 0. The Bertz CT molecular complexity index is 247. The molecule has 0 aromatic carbocycles. The van der Waals surface area contributed by atoms with Gasteiger partial charge in [0, 0.05) is 5.54 Å². The molecule has 0 aliphatic rings. The molecule has 68 valence electrons. The molecule has 0 heterocycles. The van der Waals surface area contributed by atoms with Crippen LogP contribution in [-0.4, -0.2) is 17.6 Å². The van der Waals surface area contributed by atoms with E-state index in [1.807, 2.05) is 0 Å². The molecule has 0 atom stereocenters. The van der Waals surface area contributed by atoms with Crippen LogP contribution in [0.15, 0.2) is 12.7 Å². The van der Waals surface area contributed by atoms with Gasteiger partial charge in [0.05, 0.1) is 6.16 Å². The van der Waals surface area contributed by atoms with Crippen LogP contribution in [0.3, 0.4) is 0 Å². The highest BCUT2D eigenvalue weighted by Gasteiger charge is 2.21. The maximum absolute atomic E-state index is 10.8. The monoisotopic (exact) mass is 189 g/mol. The summed E-state index contributed by atoms with van der Waals surface area (Å²) in [7, 11) is -2.47. The molecule has 0 aliphatic heterocycles. The minimum absolute atomic E-state index is 0.0675. The fourth-order valence-corrected chi connectivity index (χ4v) is 1.47. The van der Waals surface area contributed by atoms with Gasteiger partial charge in [-0.25, -0.2) is 9.13 Å². The first kappa shape index (κ1) is 11.1. The van der Waals surface area contributed by atoms with Crippen molar-refractivity contribution < 1.29 is 13.9 Å². The summed E-state index contributed by atoms with van der Waals surface area (Å²) in [6.07, 6.45) is 1.04. The maximum atomic E-state index is 10.8. The first-order valence-corrected chi connectivity index (χ1v) is 4.80. The molecule has 0 saturated carbocycles. The standard InChI is InChI=1S/C7H12NO3P/c1-4-6(9)8-7(2,3)5-12(10)11/h4H,1,5H2,2-3H3,(H,8,9). The summed E-state index contributed by atoms with van der Waals surface area (Å²) in [6.45, 7) is 6.54. The number of carbonyl (C=O) groups is 1. The van der Waals surface area contributed by atoms with Crippen LogP contribution in [0.4, 0.5) is 0 Å². The van der Waals surface area contributed by atoms with Gasteiger partial charge in [-0.2, -0.15) is 0 Å². The van der Waals surface area contributed by atoms with Gasteiger partial charge in [0.2, 0.25) is 5.91 Å². The SMILES string of the molecule is C=CC(=O)NC(C)(C)CP(=O)=O. The van der Waals surface area contributed by atoms with Gasteiger partial charge < -0.3 is 5.32 Å². The van der Waals surface area contributed by atoms with Gasteiger partial charge in [0.1, 0.15) is 0 Å². The number of amides is 1. The molecule has 0 bridgehead atoms. The second kappa shape index (κ2) is 4.21. The van der Waals surface area contributed by atoms with Gasteiger partial charge in [-0.3, -0.25) is 4.79 Å². The van der Waals surface area contributed by atoms with Gasteiger partial charge in [-0.05, 0) is 19.9 Å². The van der Waals surface area contributed by atoms with E-state index in [2.05, 4.69) is 11.9 Å². The van der Waals surface area contributed by atoms with Crippen molar-refractivity contribution in [3.63, 3.8) is 0 Å². The van der Waals surface area contributed by atoms with E-state index in [1.165, 1.54) is 0 Å². The molecule has 4 nitrogen and oxygen atoms in total. The number of hydrogen-bond acceptors (Lipinski definition) is 3. The van der Waals surface area contributed by atoms with Crippen molar-refractivity contribution in [1.82, 2.24) is 5.32 Å². The highest BCUT2D eigenvalue weighted by molar-refractivity contribution is 7.30. The molecule has 0 aromatic heterocycles. The van der Waals surface area contributed by atoms with Gasteiger partial charge in [-0.1, -0.05) is 6.58 Å². The Kier molecular flexibility index (Phi) is 3.90. The van der Waals surface area contributed by atoms with Crippen molar-refractivity contribution >= 4 is 13.6 Å². The van der Waals surface area contributed by atoms with E-state index in [1.54, 1.807) is 13.8 Å². The Labute approximate surface area is 71.9 Å². The third-order valence-corrected chi connectivity index (χ3v) is 2.22. The highest BCUT2D eigenvalue weighted by atomic mass is 31.1. The summed E-state index contributed by atoms with van der Waals surface area (Å²) < 4.78 is 20.7. The molecule has 5 heteroatoms. The lowest BCUT2D eigenvalue weighted by molar-refractivity contribution is -0.117. The van der Waals surface area contributed by atoms with E-state index < -0.39 is 13.2 Å². The molecule has 0 spiro atoms. The Morgan fingerprint density at radius 2 is 2.08 bits per heavy atom. The number of rotatable bonds is 4. The Balaban J connectivity index is 4.21. The molecule has 1 amide bonds. The summed E-state index contributed by atoms with van der Waals surface area (Å²) >= 11 is 0. The Hall–Kier alpha value is -0.890. The highest BCUT2D eigenvalue weighted by Crippen LogP contribution is 2.14. The van der Waals surface area contributed by atoms with Crippen LogP contribution in [0.5, 0.6) is 0 Å². The zero-order chi connectivity index (χ0) is 9.78. The Morgan fingerprint density at radius 1 is 1.58 bits per heavy atom. The summed E-state index contributed by atoms with van der Waals surface area (Å²) in [5.41, 5.74) is -0.722. The van der Waals surface area contributed by atoms with Crippen LogP contribution in [0, 0.1) is 0 Å². The average Bonchev–Trinajstić information content (AvgIpc) is 1.83. The maximum Gasteiger partial charge on any atom is 0.318 e. The van der Waals surface area contributed by atoms with Gasteiger partial charge >= 0.3 is 7.68 Å². The first-order valence-electron chi connectivity index (χ1n) is 3.44. The topological polar surface area (TPSA) is 63.2 Å². The molecule has 12 heavy (non-hydrogen) atoms. The average molecular weight is 189 g/mol. The largest absolute Gasteiger partial charge is 0.347 e. The van der Waals surface area contributed by atoms with E-state index in [4.69, 9.17) is 0 Å². The van der Waals surface area contributed by atoms with Crippen LogP contribution in [0.25, 0.3) is 0 Å². The van der Waals surface area contributed by atoms with Gasteiger partial charge in [-0.15, -0.1) is 0 Å². The zero-order valence-electron chi connectivity index (χ0n) is 7.16. The molecular weight excluding hydrogens is 177 g/mol. The lowest BCUT2D eigenvalue weighted by Gasteiger charge is -2.21. The number of nitrogens with one attached hydrogen (secondary N) is 1. The molecule has 0 aliphatic carbocycles. The van der Waals surface area contributed by atoms with E-state index in [9.17, 15) is 13.9 Å². The minimum Gasteiger partial charge on any atom is -0.347 e. The zero-order valence-corrected chi connectivity index (χ0v) is 8.06. The summed E-state index contributed by atoms with van der Waals surface area (Å²) in [5.74, 6) is -0.364. The third kappa shape index (κ3) is 4.85. The van der Waals surface area contributed by atoms with Crippen LogP contribution < -0.4 is 5.32 Å². The molecule has 0 unspecified atom stereocenters. The predicted octanol–water partition coefficient (Wildman–Crippen LogP) is 1.24. The summed E-state index contributed by atoms with van der Waals surface area (Å²) in [5, 5.41) is 2.50. The first-order chi connectivity index (χ1) is 5.37. The molecular formula is C7H12NO3P. The fourth-order valence-electron chi connectivity index (χ4n) is 0.747. The predicted molar refractivity (Wildman–Crippen MR) is 45.6 cm³/mol. The second-order valence-corrected chi connectivity index (χ2v) is 4.05. The Morgan fingerprint density at radius 3 is 2.42 bits per heavy atom. The number of hydrogen-bond donors (Lipinski definition) is 1. The third-order valence-electron chi connectivity index (χ3n) is 1.17. The van der Waals surface area contributed by atoms with Crippen molar-refractivity contribution in [3.8, 4) is 0 Å². The lowest BCUT2D eigenvalue weighted by Crippen LogP contribution is -2.44. The molecule has 1 N–H and O–H groups in total. The van der Waals surface area contributed by atoms with E-state index in [0.29, 0.717) is 0 Å². The molecule has 0 radical (unpaired) electrons. The second-order valence-electron chi connectivity index (χ2n) is 3.07. The molecule has 0 rings (SSSR count). The number of carbonyl (C=O) groups excluding carboxylic acids is 1. The van der Waals surface area contributed by atoms with Crippen molar-refractivity contribution in [2.24, 2.45) is 0 Å². The van der Waals surface area contributed by atoms with Crippen LogP contribution in [-0.2, 0) is 13.9 Å². The molecule has 0 fully saturated rings. The molecule has 0 aromatic rings. The van der Waals surface area contributed by atoms with Crippen LogP contribution >= 0.6 is 7.68 Å². The van der Waals surface area contributed by atoms with Crippen molar-refractivity contribution in [3.05, 3.63) is 12.7 Å². The van der Waals surface area contributed by atoms with Crippen molar-refractivity contribution in [2.75, 3.05) is 6.16 Å². The van der Waals surface area contributed by atoms with Crippen molar-refractivity contribution in [1.29, 1.82) is 0 Å². The van der Waals surface area contributed by atoms with Crippen LogP contribution in [0.2, 0.25) is 0 Å². The van der Waals surface area contributed by atoms with E-state index in [-0.39, 0.29) is 12.1 Å². The fraction of sp³-hybridized carbons (Fsp3) is 0.571. The lowest BCUT2D eigenvalue weighted by atomic mass is 10.1. The van der Waals surface area contributed by atoms with Gasteiger partial charge in [0.15, 0.2) is 0 Å². The van der Waals surface area contributed by atoms with Gasteiger partial charge in [0.25, 0.3) is 0 Å². The normalized spacial score (nSPS) is 10.5. The van der Waals surface area contributed by atoms with E-state index >= 15 is 0 Å². The summed E-state index contributed by atoms with van der Waals surface area (Å²) in [4.78, 5) is 10.8.